The Morgan fingerprint density at radius 2 is 2.16 bits per heavy atom. The predicted octanol–water partition coefficient (Wildman–Crippen LogP) is -0.530. The first kappa shape index (κ1) is 11.8. The fourth-order valence-corrected chi connectivity index (χ4v) is 1.97. The monoisotopic (exact) mass is 267 g/mol. The molecule has 1 aliphatic heterocycles. The molecule has 1 fully saturated rings. The van der Waals surface area contributed by atoms with Crippen LogP contribution < -0.4 is 5.73 Å². The Bertz CT molecular complexity index is 658. The summed E-state index contributed by atoms with van der Waals surface area (Å²) >= 11 is 0. The van der Waals surface area contributed by atoms with E-state index in [0.29, 0.717) is 11.2 Å². The number of aromatic nitrogens is 4. The third-order valence-corrected chi connectivity index (χ3v) is 2.93. The quantitative estimate of drug-likeness (QED) is 0.635. The summed E-state index contributed by atoms with van der Waals surface area (Å²) in [5, 5.41) is 19.4. The van der Waals surface area contributed by atoms with E-state index >= 15 is 0 Å². The van der Waals surface area contributed by atoms with Gasteiger partial charge in [0.2, 0.25) is 6.23 Å². The fraction of sp³-hybridized carbons (Fsp3) is 0.300. The molecule has 1 saturated heterocycles. The average Bonchev–Trinajstić information content (AvgIpc) is 2.94. The summed E-state index contributed by atoms with van der Waals surface area (Å²) in [5.74, 6) is -0.167. The molecule has 3 atom stereocenters. The zero-order valence-electron chi connectivity index (χ0n) is 9.51. The van der Waals surface area contributed by atoms with E-state index in [1.165, 1.54) is 17.2 Å². The largest absolute Gasteiger partial charge is 0.466 e. The van der Waals surface area contributed by atoms with Gasteiger partial charge in [-0.25, -0.2) is 19.3 Å². The number of anilines is 1. The molecule has 3 rings (SSSR count). The van der Waals surface area contributed by atoms with Crippen molar-refractivity contribution >= 4 is 17.0 Å². The van der Waals surface area contributed by atoms with Gasteiger partial charge in [-0.15, -0.1) is 0 Å². The summed E-state index contributed by atoms with van der Waals surface area (Å²) in [6.07, 6.45) is -1.13. The molecule has 0 bridgehead atoms. The number of hydrogen-bond donors (Lipinski definition) is 3. The van der Waals surface area contributed by atoms with E-state index in [-0.39, 0.29) is 17.9 Å². The van der Waals surface area contributed by atoms with Gasteiger partial charge in [-0.2, -0.15) is 0 Å². The van der Waals surface area contributed by atoms with Crippen LogP contribution in [0.15, 0.2) is 24.7 Å². The lowest BCUT2D eigenvalue weighted by Gasteiger charge is -2.15. The Labute approximate surface area is 106 Å². The van der Waals surface area contributed by atoms with Crippen LogP contribution in [-0.4, -0.2) is 41.9 Å². The Balaban J connectivity index is 2.09. The minimum atomic E-state index is -1.44. The molecule has 19 heavy (non-hydrogen) atoms. The molecule has 100 valence electrons. The molecule has 0 aromatic carbocycles. The maximum atomic E-state index is 12.5. The van der Waals surface area contributed by atoms with Crippen LogP contribution in [0.1, 0.15) is 6.23 Å². The molecule has 2 aromatic heterocycles. The van der Waals surface area contributed by atoms with Crippen LogP contribution in [0.5, 0.6) is 0 Å². The number of nitrogens with two attached hydrogens (primary N) is 1. The van der Waals surface area contributed by atoms with Crippen molar-refractivity contribution in [2.45, 2.75) is 18.4 Å². The summed E-state index contributed by atoms with van der Waals surface area (Å²) < 4.78 is 19.0. The van der Waals surface area contributed by atoms with Crippen molar-refractivity contribution in [3.8, 4) is 0 Å². The van der Waals surface area contributed by atoms with Crippen LogP contribution in [0.25, 0.3) is 11.2 Å². The van der Waals surface area contributed by atoms with Gasteiger partial charge in [0, 0.05) is 0 Å². The molecule has 0 aliphatic carbocycles. The lowest BCUT2D eigenvalue weighted by atomic mass is 10.2. The number of rotatable bonds is 1. The molecule has 8 nitrogen and oxygen atoms in total. The first-order valence-corrected chi connectivity index (χ1v) is 5.39. The maximum Gasteiger partial charge on any atom is 0.207 e. The summed E-state index contributed by atoms with van der Waals surface area (Å²) in [7, 11) is 0. The van der Waals surface area contributed by atoms with Gasteiger partial charge in [0.15, 0.2) is 17.2 Å². The van der Waals surface area contributed by atoms with Gasteiger partial charge in [-0.1, -0.05) is 0 Å². The first-order valence-electron chi connectivity index (χ1n) is 5.39. The van der Waals surface area contributed by atoms with Crippen LogP contribution in [0.2, 0.25) is 0 Å². The van der Waals surface area contributed by atoms with Gasteiger partial charge in [0.25, 0.3) is 0 Å². The second kappa shape index (κ2) is 4.14. The van der Waals surface area contributed by atoms with Gasteiger partial charge in [0.1, 0.15) is 36.7 Å². The minimum Gasteiger partial charge on any atom is -0.466 e. The van der Waals surface area contributed by atoms with Crippen LogP contribution in [0.4, 0.5) is 10.2 Å². The van der Waals surface area contributed by atoms with Gasteiger partial charge in [-0.3, -0.25) is 4.57 Å². The number of nitrogens with zero attached hydrogens (tertiary/aromatic N) is 4. The highest BCUT2D eigenvalue weighted by Crippen LogP contribution is 2.33. The number of fused-ring (bicyclic) bond motifs is 1. The summed E-state index contributed by atoms with van der Waals surface area (Å²) in [6.45, 7) is 0. The number of aliphatic hydroxyl groups excluding tert-OH is 2. The molecule has 2 aromatic rings. The van der Waals surface area contributed by atoms with E-state index in [0.717, 1.165) is 0 Å². The van der Waals surface area contributed by atoms with Crippen molar-refractivity contribution < 1.29 is 19.3 Å². The highest BCUT2D eigenvalue weighted by atomic mass is 19.1. The number of hydrogen-bond acceptors (Lipinski definition) is 7. The molecule has 0 saturated carbocycles. The Kier molecular flexibility index (Phi) is 2.57. The average molecular weight is 267 g/mol. The standard InChI is InChI=1S/C10H10FN5O3/c11-1-4-6(17)7(18)10(19-4)16-3-15-5-8(12)13-2-14-9(5)16/h1-3,6-7,10,17-18H,(H2,12,13,14)/b4-1+/t6-,7-,10-/m1/s1. The Hall–Kier alpha value is -2.26. The topological polar surface area (TPSA) is 119 Å². The summed E-state index contributed by atoms with van der Waals surface area (Å²) in [5.41, 5.74) is 6.29. The third kappa shape index (κ3) is 1.63. The normalized spacial score (nSPS) is 29.0. The molecular formula is C10H10FN5O3. The molecule has 9 heteroatoms. The van der Waals surface area contributed by atoms with E-state index in [2.05, 4.69) is 15.0 Å². The summed E-state index contributed by atoms with van der Waals surface area (Å²) in [6, 6.07) is 0. The Morgan fingerprint density at radius 3 is 2.84 bits per heavy atom. The van der Waals surface area contributed by atoms with Crippen molar-refractivity contribution in [3.05, 3.63) is 24.7 Å². The van der Waals surface area contributed by atoms with Crippen molar-refractivity contribution in [1.82, 2.24) is 19.5 Å². The maximum absolute atomic E-state index is 12.5. The smallest absolute Gasteiger partial charge is 0.207 e. The molecule has 3 heterocycles. The summed E-state index contributed by atoms with van der Waals surface area (Å²) in [4.78, 5) is 11.8. The molecule has 0 radical (unpaired) electrons. The van der Waals surface area contributed by atoms with Crippen LogP contribution in [0, 0.1) is 0 Å². The number of nitrogen functional groups attached to an aromatic ring is 1. The number of imidazole rings is 1. The molecule has 1 aliphatic rings. The van der Waals surface area contributed by atoms with Crippen molar-refractivity contribution in [2.75, 3.05) is 5.73 Å². The molecule has 4 N–H and O–H groups in total. The Morgan fingerprint density at radius 1 is 1.37 bits per heavy atom. The van der Waals surface area contributed by atoms with Crippen LogP contribution in [0.3, 0.4) is 0 Å². The van der Waals surface area contributed by atoms with E-state index < -0.39 is 18.4 Å². The lowest BCUT2D eigenvalue weighted by molar-refractivity contribution is -0.0120. The lowest BCUT2D eigenvalue weighted by Crippen LogP contribution is -2.27. The van der Waals surface area contributed by atoms with Crippen molar-refractivity contribution in [2.24, 2.45) is 0 Å². The zero-order valence-corrected chi connectivity index (χ0v) is 9.51. The minimum absolute atomic E-state index is 0.107. The first-order chi connectivity index (χ1) is 9.13. The second-order valence-electron chi connectivity index (χ2n) is 4.04. The number of aliphatic hydroxyl groups is 2. The van der Waals surface area contributed by atoms with Crippen LogP contribution in [-0.2, 0) is 4.74 Å². The fourth-order valence-electron chi connectivity index (χ4n) is 1.97. The van der Waals surface area contributed by atoms with Gasteiger partial charge >= 0.3 is 0 Å². The highest BCUT2D eigenvalue weighted by Gasteiger charge is 2.41. The SMILES string of the molecule is Nc1ncnc2c1ncn2[C@@H]1O/C(=C/F)[C@@H](O)[C@H]1O. The van der Waals surface area contributed by atoms with E-state index in [4.69, 9.17) is 10.5 Å². The molecule has 0 spiro atoms. The van der Waals surface area contributed by atoms with E-state index in [9.17, 15) is 14.6 Å². The second-order valence-corrected chi connectivity index (χ2v) is 4.04. The zero-order chi connectivity index (χ0) is 13.6. The van der Waals surface area contributed by atoms with E-state index in [1.807, 2.05) is 0 Å². The molecular weight excluding hydrogens is 257 g/mol. The number of ether oxygens (including phenoxy) is 1. The van der Waals surface area contributed by atoms with Gasteiger partial charge < -0.3 is 20.7 Å². The third-order valence-electron chi connectivity index (χ3n) is 2.93. The van der Waals surface area contributed by atoms with Crippen molar-refractivity contribution in [3.63, 3.8) is 0 Å². The van der Waals surface area contributed by atoms with Crippen molar-refractivity contribution in [1.29, 1.82) is 0 Å². The van der Waals surface area contributed by atoms with E-state index in [1.54, 1.807) is 0 Å². The molecule has 0 amide bonds. The van der Waals surface area contributed by atoms with Gasteiger partial charge in [0.05, 0.1) is 0 Å². The predicted molar refractivity (Wildman–Crippen MR) is 61.1 cm³/mol. The highest BCUT2D eigenvalue weighted by molar-refractivity contribution is 5.81. The molecule has 0 unspecified atom stereocenters. The number of halogens is 1. The van der Waals surface area contributed by atoms with Gasteiger partial charge in [-0.05, 0) is 0 Å². The van der Waals surface area contributed by atoms with Crippen LogP contribution >= 0.6 is 0 Å².